The van der Waals surface area contributed by atoms with E-state index in [1.165, 1.54) is 24.3 Å². The van der Waals surface area contributed by atoms with Crippen LogP contribution in [0.25, 0.3) is 0 Å². The van der Waals surface area contributed by atoms with Gasteiger partial charge < -0.3 is 4.90 Å². The summed E-state index contributed by atoms with van der Waals surface area (Å²) in [6.07, 6.45) is 1.16. The van der Waals surface area contributed by atoms with Crippen LogP contribution in [-0.2, 0) is 0 Å². The average Bonchev–Trinajstić information content (AvgIpc) is 2.70. The van der Waals surface area contributed by atoms with E-state index in [1.807, 2.05) is 32.6 Å². The Labute approximate surface area is 179 Å². The summed E-state index contributed by atoms with van der Waals surface area (Å²) in [6.45, 7) is 9.05. The molecule has 2 N–H and O–H groups in total. The van der Waals surface area contributed by atoms with E-state index in [4.69, 9.17) is 0 Å². The molecular weight excluding hydrogens is 406 g/mol. The number of para-hydroxylation sites is 1. The first-order chi connectivity index (χ1) is 14.6. The molecule has 0 spiro atoms. The molecule has 12 heteroatoms. The highest BCUT2D eigenvalue weighted by Gasteiger charge is 2.28. The fraction of sp³-hybridized carbons (Fsp3) is 0.421. The zero-order chi connectivity index (χ0) is 23.1. The number of nitro benzene ring substituents is 1. The Morgan fingerprint density at radius 2 is 1.65 bits per heavy atom. The van der Waals surface area contributed by atoms with Gasteiger partial charge in [-0.05, 0) is 17.9 Å². The molecule has 0 atom stereocenters. The number of nitrogens with one attached hydrogen (secondary N) is 2. The number of amides is 1. The molecule has 0 radical (unpaired) electrons. The van der Waals surface area contributed by atoms with Crippen molar-refractivity contribution < 1.29 is 14.6 Å². The molecule has 12 nitrogen and oxygen atoms in total. The number of hydrazine groups is 1. The van der Waals surface area contributed by atoms with Crippen LogP contribution < -0.4 is 15.8 Å². The number of hydrogen-bond donors (Lipinski definition) is 2. The van der Waals surface area contributed by atoms with Gasteiger partial charge in [-0.1, -0.05) is 39.8 Å². The summed E-state index contributed by atoms with van der Waals surface area (Å²) in [6, 6.07) is 5.38. The van der Waals surface area contributed by atoms with Crippen molar-refractivity contribution in [3.05, 3.63) is 56.4 Å². The maximum absolute atomic E-state index is 12.4. The summed E-state index contributed by atoms with van der Waals surface area (Å²) in [4.78, 5) is 43.9. The van der Waals surface area contributed by atoms with Crippen LogP contribution in [-0.4, -0.2) is 38.8 Å². The van der Waals surface area contributed by atoms with Crippen LogP contribution in [0.4, 0.5) is 23.0 Å². The lowest BCUT2D eigenvalue weighted by Gasteiger charge is -2.27. The molecule has 0 aliphatic rings. The molecule has 1 aromatic carbocycles. The SMILES string of the molecule is CC(C)CN(CC(C)C)c1ncnc(NNC(=O)c2ccccc2[N+](=O)[O-])c1[N+](=O)[O-]. The molecule has 166 valence electrons. The predicted molar refractivity (Wildman–Crippen MR) is 115 cm³/mol. The average molecular weight is 431 g/mol. The van der Waals surface area contributed by atoms with Gasteiger partial charge in [0.15, 0.2) is 0 Å². The number of aromatic nitrogens is 2. The molecule has 1 heterocycles. The summed E-state index contributed by atoms with van der Waals surface area (Å²) in [5.74, 6) is -0.474. The normalized spacial score (nSPS) is 10.8. The van der Waals surface area contributed by atoms with Crippen LogP contribution in [0, 0.1) is 32.1 Å². The van der Waals surface area contributed by atoms with E-state index >= 15 is 0 Å². The van der Waals surface area contributed by atoms with Crippen molar-refractivity contribution in [1.29, 1.82) is 0 Å². The van der Waals surface area contributed by atoms with Gasteiger partial charge in [0.1, 0.15) is 11.9 Å². The van der Waals surface area contributed by atoms with Crippen molar-refractivity contribution in [3.63, 3.8) is 0 Å². The van der Waals surface area contributed by atoms with E-state index in [0.717, 1.165) is 6.33 Å². The molecule has 0 bridgehead atoms. The van der Waals surface area contributed by atoms with Gasteiger partial charge >= 0.3 is 5.69 Å². The van der Waals surface area contributed by atoms with E-state index in [-0.39, 0.29) is 34.7 Å². The van der Waals surface area contributed by atoms with Crippen LogP contribution >= 0.6 is 0 Å². The third-order valence-corrected chi connectivity index (χ3v) is 4.10. The Morgan fingerprint density at radius 1 is 1.03 bits per heavy atom. The Kier molecular flexibility index (Phi) is 7.77. The minimum atomic E-state index is -0.831. The number of carbonyl (C=O) groups excluding carboxylic acids is 1. The Bertz CT molecular complexity index is 954. The summed E-state index contributed by atoms with van der Waals surface area (Å²) in [5, 5.41) is 23.0. The molecule has 2 aromatic rings. The molecule has 1 aromatic heterocycles. The topological polar surface area (TPSA) is 156 Å². The van der Waals surface area contributed by atoms with Crippen molar-refractivity contribution in [2.45, 2.75) is 27.7 Å². The van der Waals surface area contributed by atoms with Gasteiger partial charge in [0.05, 0.1) is 9.85 Å². The van der Waals surface area contributed by atoms with Crippen molar-refractivity contribution in [3.8, 4) is 0 Å². The summed E-state index contributed by atoms with van der Waals surface area (Å²) >= 11 is 0. The molecule has 0 saturated carbocycles. The zero-order valence-corrected chi connectivity index (χ0v) is 17.7. The number of anilines is 2. The van der Waals surface area contributed by atoms with E-state index in [1.54, 1.807) is 0 Å². The second kappa shape index (κ2) is 10.3. The van der Waals surface area contributed by atoms with Crippen molar-refractivity contribution >= 4 is 28.9 Å². The van der Waals surface area contributed by atoms with E-state index < -0.39 is 21.4 Å². The highest BCUT2D eigenvalue weighted by Crippen LogP contribution is 2.32. The molecular formula is C19H25N7O5. The predicted octanol–water partition coefficient (Wildman–Crippen LogP) is 3.17. The van der Waals surface area contributed by atoms with Crippen molar-refractivity contribution in [2.24, 2.45) is 11.8 Å². The Balaban J connectivity index is 2.35. The van der Waals surface area contributed by atoms with Crippen molar-refractivity contribution in [1.82, 2.24) is 15.4 Å². The van der Waals surface area contributed by atoms with Gasteiger partial charge in [-0.25, -0.2) is 9.97 Å². The van der Waals surface area contributed by atoms with Crippen LogP contribution in [0.3, 0.4) is 0 Å². The second-order valence-electron chi connectivity index (χ2n) is 7.70. The zero-order valence-electron chi connectivity index (χ0n) is 17.7. The molecule has 2 rings (SSSR count). The number of nitrogens with zero attached hydrogens (tertiary/aromatic N) is 5. The maximum atomic E-state index is 12.4. The Morgan fingerprint density at radius 3 is 2.19 bits per heavy atom. The third-order valence-electron chi connectivity index (χ3n) is 4.10. The minimum absolute atomic E-state index is 0.129. The number of carbonyl (C=O) groups is 1. The number of hydrogen-bond acceptors (Lipinski definition) is 9. The van der Waals surface area contributed by atoms with Gasteiger partial charge in [-0.3, -0.25) is 35.9 Å². The van der Waals surface area contributed by atoms with Gasteiger partial charge in [0.2, 0.25) is 11.6 Å². The third kappa shape index (κ3) is 6.07. The quantitative estimate of drug-likeness (QED) is 0.426. The highest BCUT2D eigenvalue weighted by molar-refractivity contribution is 5.98. The molecule has 0 fully saturated rings. The molecule has 0 aliphatic heterocycles. The van der Waals surface area contributed by atoms with E-state index in [2.05, 4.69) is 20.8 Å². The highest BCUT2D eigenvalue weighted by atomic mass is 16.6. The van der Waals surface area contributed by atoms with Gasteiger partial charge in [-0.15, -0.1) is 0 Å². The fourth-order valence-electron chi connectivity index (χ4n) is 3.00. The largest absolute Gasteiger partial charge is 0.355 e. The lowest BCUT2D eigenvalue weighted by Crippen LogP contribution is -2.34. The number of nitro groups is 2. The lowest BCUT2D eigenvalue weighted by atomic mass is 10.1. The van der Waals surface area contributed by atoms with E-state index in [9.17, 15) is 25.0 Å². The van der Waals surface area contributed by atoms with Crippen molar-refractivity contribution in [2.75, 3.05) is 23.4 Å². The monoisotopic (exact) mass is 431 g/mol. The van der Waals surface area contributed by atoms with Crippen LogP contribution in [0.15, 0.2) is 30.6 Å². The first-order valence-corrected chi connectivity index (χ1v) is 9.65. The molecule has 0 unspecified atom stereocenters. The van der Waals surface area contributed by atoms with Crippen LogP contribution in [0.1, 0.15) is 38.1 Å². The molecule has 1 amide bonds. The first kappa shape index (κ1) is 23.4. The maximum Gasteiger partial charge on any atom is 0.355 e. The van der Waals surface area contributed by atoms with Gasteiger partial charge in [-0.2, -0.15) is 0 Å². The standard InChI is InChI=1S/C19H25N7O5/c1-12(2)9-24(10-13(3)4)18-16(26(30)31)17(20-11-21-18)22-23-19(27)14-7-5-6-8-15(14)25(28)29/h5-8,11-13H,9-10H2,1-4H3,(H,23,27)(H,20,21,22). The first-order valence-electron chi connectivity index (χ1n) is 9.65. The minimum Gasteiger partial charge on any atom is -0.350 e. The number of rotatable bonds is 10. The van der Waals surface area contributed by atoms with Crippen LogP contribution in [0.5, 0.6) is 0 Å². The van der Waals surface area contributed by atoms with Crippen LogP contribution in [0.2, 0.25) is 0 Å². The number of benzene rings is 1. The fourth-order valence-corrected chi connectivity index (χ4v) is 3.00. The summed E-state index contributed by atoms with van der Waals surface area (Å²) in [5.41, 5.74) is 3.68. The summed E-state index contributed by atoms with van der Waals surface area (Å²) in [7, 11) is 0. The summed E-state index contributed by atoms with van der Waals surface area (Å²) < 4.78 is 0. The molecule has 0 saturated heterocycles. The molecule has 31 heavy (non-hydrogen) atoms. The Hall–Kier alpha value is -3.83. The molecule has 0 aliphatic carbocycles. The van der Waals surface area contributed by atoms with E-state index in [0.29, 0.717) is 13.1 Å². The smallest absolute Gasteiger partial charge is 0.350 e. The van der Waals surface area contributed by atoms with Gasteiger partial charge in [0.25, 0.3) is 11.6 Å². The lowest BCUT2D eigenvalue weighted by molar-refractivity contribution is -0.385. The van der Waals surface area contributed by atoms with Gasteiger partial charge in [0, 0.05) is 19.2 Å². The second-order valence-corrected chi connectivity index (χ2v) is 7.70.